The summed E-state index contributed by atoms with van der Waals surface area (Å²) in [6.45, 7) is 2.21. The molecule has 0 bridgehead atoms. The zero-order chi connectivity index (χ0) is 14.8. The van der Waals surface area contributed by atoms with Crippen molar-refractivity contribution in [3.8, 4) is 0 Å². The normalized spacial score (nSPS) is 12.5. The monoisotopic (exact) mass is 298 g/mol. The van der Waals surface area contributed by atoms with Crippen molar-refractivity contribution in [3.05, 3.63) is 46.9 Å². The van der Waals surface area contributed by atoms with Gasteiger partial charge in [-0.25, -0.2) is 9.97 Å². The fourth-order valence-electron chi connectivity index (χ4n) is 2.41. The Balaban J connectivity index is 1.92. The van der Waals surface area contributed by atoms with Crippen LogP contribution in [0.4, 0.5) is 11.5 Å². The Bertz CT molecular complexity index is 739. The summed E-state index contributed by atoms with van der Waals surface area (Å²) in [6.07, 6.45) is 2.61. The number of hydrogen-bond acceptors (Lipinski definition) is 5. The predicted molar refractivity (Wildman–Crippen MR) is 89.8 cm³/mol. The Kier molecular flexibility index (Phi) is 3.75. The maximum absolute atomic E-state index is 5.83. The second-order valence-electron chi connectivity index (χ2n) is 5.22. The van der Waals surface area contributed by atoms with Gasteiger partial charge in [0.25, 0.3) is 0 Å². The third-order valence-electron chi connectivity index (χ3n) is 3.71. The van der Waals surface area contributed by atoms with E-state index in [4.69, 9.17) is 5.73 Å². The van der Waals surface area contributed by atoms with Crippen LogP contribution in [0.3, 0.4) is 0 Å². The van der Waals surface area contributed by atoms with Crippen LogP contribution in [0.25, 0.3) is 10.9 Å². The third-order valence-corrected chi connectivity index (χ3v) is 4.61. The minimum Gasteiger partial charge on any atom is -0.399 e. The average Bonchev–Trinajstić information content (AvgIpc) is 2.98. The lowest BCUT2D eigenvalue weighted by Crippen LogP contribution is -2.31. The Morgan fingerprint density at radius 1 is 1.29 bits per heavy atom. The van der Waals surface area contributed by atoms with E-state index in [0.717, 1.165) is 28.8 Å². The molecule has 0 aliphatic heterocycles. The third kappa shape index (κ3) is 2.83. The highest BCUT2D eigenvalue weighted by Gasteiger charge is 2.15. The van der Waals surface area contributed by atoms with Crippen LogP contribution in [0, 0.1) is 0 Å². The minimum absolute atomic E-state index is 0.360. The smallest absolute Gasteiger partial charge is 0.139 e. The lowest BCUT2D eigenvalue weighted by atomic mass is 10.1. The molecule has 2 aromatic heterocycles. The first kappa shape index (κ1) is 13.8. The maximum Gasteiger partial charge on any atom is 0.139 e. The summed E-state index contributed by atoms with van der Waals surface area (Å²) in [7, 11) is 2.08. The van der Waals surface area contributed by atoms with Crippen LogP contribution in [-0.2, 0) is 6.42 Å². The van der Waals surface area contributed by atoms with E-state index in [1.807, 2.05) is 18.2 Å². The number of aromatic nitrogens is 2. The van der Waals surface area contributed by atoms with E-state index >= 15 is 0 Å². The van der Waals surface area contributed by atoms with Gasteiger partial charge in [0.15, 0.2) is 0 Å². The second kappa shape index (κ2) is 5.69. The average molecular weight is 298 g/mol. The van der Waals surface area contributed by atoms with Crippen molar-refractivity contribution in [2.24, 2.45) is 0 Å². The van der Waals surface area contributed by atoms with Gasteiger partial charge in [0.1, 0.15) is 12.1 Å². The van der Waals surface area contributed by atoms with Crippen LogP contribution in [0.15, 0.2) is 42.0 Å². The van der Waals surface area contributed by atoms with E-state index < -0.39 is 0 Å². The van der Waals surface area contributed by atoms with E-state index in [9.17, 15) is 0 Å². The van der Waals surface area contributed by atoms with Crippen molar-refractivity contribution in [1.29, 1.82) is 0 Å². The second-order valence-corrected chi connectivity index (χ2v) is 6.25. The number of nitrogens with two attached hydrogens (primary N) is 1. The van der Waals surface area contributed by atoms with Crippen LogP contribution in [-0.4, -0.2) is 23.1 Å². The van der Waals surface area contributed by atoms with Crippen molar-refractivity contribution in [2.45, 2.75) is 19.4 Å². The molecule has 0 aliphatic rings. The lowest BCUT2D eigenvalue weighted by molar-refractivity contribution is 0.682. The fraction of sp³-hybridized carbons (Fsp3) is 0.250. The van der Waals surface area contributed by atoms with E-state index in [1.54, 1.807) is 17.7 Å². The first-order valence-corrected chi connectivity index (χ1v) is 7.78. The molecule has 0 fully saturated rings. The maximum atomic E-state index is 5.83. The summed E-state index contributed by atoms with van der Waals surface area (Å²) in [5.41, 5.74) is 7.44. The molecule has 0 saturated carbocycles. The predicted octanol–water partition coefficient (Wildman–Crippen LogP) is 3.34. The summed E-state index contributed by atoms with van der Waals surface area (Å²) < 4.78 is 0. The molecular weight excluding hydrogens is 280 g/mol. The first-order chi connectivity index (χ1) is 10.1. The largest absolute Gasteiger partial charge is 0.399 e. The number of fused-ring (bicyclic) bond motifs is 1. The van der Waals surface area contributed by atoms with Gasteiger partial charge in [0.05, 0.1) is 5.52 Å². The van der Waals surface area contributed by atoms with E-state index in [1.165, 1.54) is 4.88 Å². The molecule has 1 atom stereocenters. The Labute approximate surface area is 128 Å². The highest BCUT2D eigenvalue weighted by Crippen LogP contribution is 2.26. The van der Waals surface area contributed by atoms with E-state index in [0.29, 0.717) is 6.04 Å². The van der Waals surface area contributed by atoms with Crippen molar-refractivity contribution >= 4 is 33.7 Å². The van der Waals surface area contributed by atoms with Crippen LogP contribution >= 0.6 is 11.3 Å². The molecule has 0 saturated heterocycles. The van der Waals surface area contributed by atoms with Gasteiger partial charge in [-0.15, -0.1) is 11.3 Å². The summed E-state index contributed by atoms with van der Waals surface area (Å²) in [4.78, 5) is 12.4. The molecule has 1 unspecified atom stereocenters. The number of likely N-dealkylation sites (N-methyl/N-ethyl adjacent to an activating group) is 1. The molecule has 108 valence electrons. The summed E-state index contributed by atoms with van der Waals surface area (Å²) in [5, 5.41) is 3.15. The van der Waals surface area contributed by atoms with Crippen LogP contribution in [0.5, 0.6) is 0 Å². The number of anilines is 2. The molecule has 1 aromatic carbocycles. The van der Waals surface area contributed by atoms with Gasteiger partial charge in [-0.1, -0.05) is 6.07 Å². The van der Waals surface area contributed by atoms with Gasteiger partial charge in [-0.3, -0.25) is 0 Å². The molecule has 21 heavy (non-hydrogen) atoms. The molecule has 4 nitrogen and oxygen atoms in total. The van der Waals surface area contributed by atoms with Crippen LogP contribution < -0.4 is 10.6 Å². The number of benzene rings is 1. The highest BCUT2D eigenvalue weighted by molar-refractivity contribution is 7.09. The zero-order valence-electron chi connectivity index (χ0n) is 12.2. The Hall–Kier alpha value is -2.14. The van der Waals surface area contributed by atoms with Crippen molar-refractivity contribution in [3.63, 3.8) is 0 Å². The first-order valence-electron chi connectivity index (χ1n) is 6.90. The Morgan fingerprint density at radius 3 is 2.90 bits per heavy atom. The number of rotatable bonds is 4. The molecule has 3 aromatic rings. The highest BCUT2D eigenvalue weighted by atomic mass is 32.1. The van der Waals surface area contributed by atoms with E-state index in [-0.39, 0.29) is 0 Å². The topological polar surface area (TPSA) is 55.0 Å². The molecule has 0 aliphatic carbocycles. The van der Waals surface area contributed by atoms with Gasteiger partial charge in [0.2, 0.25) is 0 Å². The molecule has 0 spiro atoms. The van der Waals surface area contributed by atoms with Gasteiger partial charge in [-0.2, -0.15) is 0 Å². The van der Waals surface area contributed by atoms with Crippen molar-refractivity contribution in [2.75, 3.05) is 17.7 Å². The zero-order valence-corrected chi connectivity index (χ0v) is 13.0. The number of hydrogen-bond donors (Lipinski definition) is 1. The summed E-state index contributed by atoms with van der Waals surface area (Å²) in [6, 6.07) is 10.4. The van der Waals surface area contributed by atoms with E-state index in [2.05, 4.69) is 46.4 Å². The van der Waals surface area contributed by atoms with Gasteiger partial charge in [-0.05, 0) is 36.6 Å². The fourth-order valence-corrected chi connectivity index (χ4v) is 3.23. The summed E-state index contributed by atoms with van der Waals surface area (Å²) in [5.74, 6) is 0.948. The van der Waals surface area contributed by atoms with Gasteiger partial charge >= 0.3 is 0 Å². The van der Waals surface area contributed by atoms with Gasteiger partial charge in [0, 0.05) is 35.5 Å². The Morgan fingerprint density at radius 2 is 2.14 bits per heavy atom. The molecule has 5 heteroatoms. The van der Waals surface area contributed by atoms with Crippen molar-refractivity contribution < 1.29 is 0 Å². The molecule has 0 amide bonds. The van der Waals surface area contributed by atoms with Gasteiger partial charge < -0.3 is 10.6 Å². The van der Waals surface area contributed by atoms with Crippen molar-refractivity contribution in [1.82, 2.24) is 9.97 Å². The molecule has 0 radical (unpaired) electrons. The summed E-state index contributed by atoms with van der Waals surface area (Å²) >= 11 is 1.79. The molecular formula is C16H18N4S. The molecule has 3 rings (SSSR count). The molecule has 2 N–H and O–H groups in total. The standard InChI is InChI=1S/C16H18N4S/c1-11(8-13-4-3-7-21-13)20(2)16-14-6-5-12(17)9-15(14)18-10-19-16/h3-7,9-11H,8,17H2,1-2H3. The number of thiophene rings is 1. The quantitative estimate of drug-likeness (QED) is 0.751. The SMILES string of the molecule is CC(Cc1cccs1)N(C)c1ncnc2cc(N)ccc12. The lowest BCUT2D eigenvalue weighted by Gasteiger charge is -2.26. The minimum atomic E-state index is 0.360. The number of nitrogens with zero attached hydrogens (tertiary/aromatic N) is 3. The van der Waals surface area contributed by atoms with Crippen LogP contribution in [0.1, 0.15) is 11.8 Å². The number of nitrogen functional groups attached to an aromatic ring is 1. The molecule has 2 heterocycles. The van der Waals surface area contributed by atoms with Crippen LogP contribution in [0.2, 0.25) is 0 Å².